The molecule has 2 aromatic rings. The molecule has 0 unspecified atom stereocenters. The van der Waals surface area contributed by atoms with Gasteiger partial charge in [0.25, 0.3) is 0 Å². The van der Waals surface area contributed by atoms with Gasteiger partial charge >= 0.3 is 0 Å². The van der Waals surface area contributed by atoms with Crippen LogP contribution in [-0.4, -0.2) is 32.3 Å². The van der Waals surface area contributed by atoms with Gasteiger partial charge in [-0.3, -0.25) is 0 Å². The zero-order valence-corrected chi connectivity index (χ0v) is 13.3. The third-order valence-electron chi connectivity index (χ3n) is 3.31. The fourth-order valence-electron chi connectivity index (χ4n) is 2.18. The van der Waals surface area contributed by atoms with Crippen molar-refractivity contribution in [2.75, 3.05) is 37.9 Å². The second-order valence-electron chi connectivity index (χ2n) is 4.83. The van der Waals surface area contributed by atoms with E-state index in [0.29, 0.717) is 0 Å². The van der Waals surface area contributed by atoms with Crippen LogP contribution in [0.2, 0.25) is 0 Å². The second kappa shape index (κ2) is 8.12. The Morgan fingerprint density at radius 1 is 1.00 bits per heavy atom. The highest BCUT2D eigenvalue weighted by atomic mass is 16.5. The van der Waals surface area contributed by atoms with Gasteiger partial charge in [-0.15, -0.1) is 0 Å². The van der Waals surface area contributed by atoms with Gasteiger partial charge in [-0.05, 0) is 43.2 Å². The number of hydrogen-bond acceptors (Lipinski definition) is 5. The second-order valence-corrected chi connectivity index (χ2v) is 4.83. The summed E-state index contributed by atoms with van der Waals surface area (Å²) in [6, 6.07) is 9.98. The fraction of sp³-hybridized carbons (Fsp3) is 0.353. The van der Waals surface area contributed by atoms with Crippen molar-refractivity contribution in [2.45, 2.75) is 13.3 Å². The molecular formula is C17H23N3O2. The highest BCUT2D eigenvalue weighted by Gasteiger charge is 2.04. The monoisotopic (exact) mass is 301 g/mol. The summed E-state index contributed by atoms with van der Waals surface area (Å²) >= 11 is 0. The minimum atomic E-state index is 0.750. The molecule has 0 saturated heterocycles. The van der Waals surface area contributed by atoms with Gasteiger partial charge in [0.2, 0.25) is 0 Å². The highest BCUT2D eigenvalue weighted by molar-refractivity contribution is 5.47. The van der Waals surface area contributed by atoms with Gasteiger partial charge < -0.3 is 20.1 Å². The van der Waals surface area contributed by atoms with Crippen molar-refractivity contribution < 1.29 is 9.47 Å². The number of anilines is 2. The van der Waals surface area contributed by atoms with Crippen LogP contribution < -0.4 is 20.1 Å². The first kappa shape index (κ1) is 15.9. The Hall–Kier alpha value is -2.43. The summed E-state index contributed by atoms with van der Waals surface area (Å²) in [6.45, 7) is 3.77. The lowest BCUT2D eigenvalue weighted by molar-refractivity contribution is 0.354. The minimum Gasteiger partial charge on any atom is -0.493 e. The summed E-state index contributed by atoms with van der Waals surface area (Å²) < 4.78 is 10.6. The molecule has 1 heterocycles. The summed E-state index contributed by atoms with van der Waals surface area (Å²) in [7, 11) is 3.29. The van der Waals surface area contributed by atoms with Crippen molar-refractivity contribution in [3.05, 3.63) is 42.1 Å². The molecule has 118 valence electrons. The predicted molar refractivity (Wildman–Crippen MR) is 90.1 cm³/mol. The molecular weight excluding hydrogens is 278 g/mol. The van der Waals surface area contributed by atoms with Crippen LogP contribution >= 0.6 is 0 Å². The molecule has 0 aliphatic rings. The molecule has 0 bridgehead atoms. The average molecular weight is 301 g/mol. The first-order chi connectivity index (χ1) is 10.8. The van der Waals surface area contributed by atoms with E-state index in [4.69, 9.17) is 9.47 Å². The minimum absolute atomic E-state index is 0.750. The maximum absolute atomic E-state index is 5.31. The Morgan fingerprint density at radius 2 is 1.82 bits per heavy atom. The first-order valence-corrected chi connectivity index (χ1v) is 7.41. The van der Waals surface area contributed by atoms with Crippen LogP contribution in [0, 0.1) is 0 Å². The zero-order valence-electron chi connectivity index (χ0n) is 13.3. The number of hydrogen-bond donors (Lipinski definition) is 2. The SMILES string of the molecule is CCNc1ccc(NCCc2ccc(OC)c(OC)c2)nc1. The van der Waals surface area contributed by atoms with Crippen LogP contribution in [0.5, 0.6) is 11.5 Å². The van der Waals surface area contributed by atoms with E-state index in [9.17, 15) is 0 Å². The molecule has 0 fully saturated rings. The Balaban J connectivity index is 1.88. The van der Waals surface area contributed by atoms with Gasteiger partial charge in [0.05, 0.1) is 26.1 Å². The average Bonchev–Trinajstić information content (AvgIpc) is 2.56. The normalized spacial score (nSPS) is 10.1. The maximum atomic E-state index is 5.31. The summed E-state index contributed by atoms with van der Waals surface area (Å²) in [6.07, 6.45) is 2.72. The maximum Gasteiger partial charge on any atom is 0.160 e. The van der Waals surface area contributed by atoms with Gasteiger partial charge in [-0.2, -0.15) is 0 Å². The Bertz CT molecular complexity index is 585. The van der Waals surface area contributed by atoms with Crippen molar-refractivity contribution in [3.8, 4) is 11.5 Å². The van der Waals surface area contributed by atoms with Gasteiger partial charge in [0, 0.05) is 13.1 Å². The molecule has 22 heavy (non-hydrogen) atoms. The lowest BCUT2D eigenvalue weighted by atomic mass is 10.1. The predicted octanol–water partition coefficient (Wildman–Crippen LogP) is 3.19. The number of aromatic nitrogens is 1. The van der Waals surface area contributed by atoms with E-state index < -0.39 is 0 Å². The quantitative estimate of drug-likeness (QED) is 0.784. The number of pyridine rings is 1. The van der Waals surface area contributed by atoms with E-state index >= 15 is 0 Å². The molecule has 0 aliphatic heterocycles. The Morgan fingerprint density at radius 3 is 2.45 bits per heavy atom. The smallest absolute Gasteiger partial charge is 0.160 e. The molecule has 0 atom stereocenters. The van der Waals surface area contributed by atoms with Gasteiger partial charge in [0.15, 0.2) is 11.5 Å². The zero-order chi connectivity index (χ0) is 15.8. The molecule has 1 aromatic heterocycles. The van der Waals surface area contributed by atoms with Crippen molar-refractivity contribution in [1.82, 2.24) is 4.98 Å². The molecule has 0 amide bonds. The van der Waals surface area contributed by atoms with Crippen LogP contribution in [-0.2, 0) is 6.42 Å². The first-order valence-electron chi connectivity index (χ1n) is 7.41. The molecule has 0 radical (unpaired) electrons. The molecule has 2 N–H and O–H groups in total. The number of methoxy groups -OCH3 is 2. The topological polar surface area (TPSA) is 55.4 Å². The number of ether oxygens (including phenoxy) is 2. The number of nitrogens with zero attached hydrogens (tertiary/aromatic N) is 1. The van der Waals surface area contributed by atoms with E-state index in [0.717, 1.165) is 42.5 Å². The van der Waals surface area contributed by atoms with Gasteiger partial charge in [-0.1, -0.05) is 6.07 Å². The third kappa shape index (κ3) is 4.28. The van der Waals surface area contributed by atoms with E-state index in [1.165, 1.54) is 5.56 Å². The van der Waals surface area contributed by atoms with Gasteiger partial charge in [-0.25, -0.2) is 4.98 Å². The van der Waals surface area contributed by atoms with Crippen LogP contribution in [0.4, 0.5) is 11.5 Å². The molecule has 5 nitrogen and oxygen atoms in total. The molecule has 0 spiro atoms. The summed E-state index contributed by atoms with van der Waals surface area (Å²) in [5.74, 6) is 2.38. The van der Waals surface area contributed by atoms with Crippen molar-refractivity contribution in [2.24, 2.45) is 0 Å². The summed E-state index contributed by atoms with van der Waals surface area (Å²) in [5, 5.41) is 6.54. The highest BCUT2D eigenvalue weighted by Crippen LogP contribution is 2.27. The lowest BCUT2D eigenvalue weighted by Gasteiger charge is -2.10. The molecule has 0 saturated carbocycles. The lowest BCUT2D eigenvalue weighted by Crippen LogP contribution is -2.07. The molecule has 2 rings (SSSR count). The van der Waals surface area contributed by atoms with Crippen molar-refractivity contribution in [3.63, 3.8) is 0 Å². The Labute approximate surface area is 131 Å². The largest absolute Gasteiger partial charge is 0.493 e. The fourth-order valence-corrected chi connectivity index (χ4v) is 2.18. The summed E-state index contributed by atoms with van der Waals surface area (Å²) in [4.78, 5) is 4.37. The van der Waals surface area contributed by atoms with Crippen LogP contribution in [0.3, 0.4) is 0 Å². The van der Waals surface area contributed by atoms with E-state index in [1.54, 1.807) is 14.2 Å². The van der Waals surface area contributed by atoms with Crippen LogP contribution in [0.15, 0.2) is 36.5 Å². The van der Waals surface area contributed by atoms with Crippen LogP contribution in [0.25, 0.3) is 0 Å². The van der Waals surface area contributed by atoms with E-state index in [2.05, 4.69) is 22.5 Å². The van der Waals surface area contributed by atoms with Crippen molar-refractivity contribution >= 4 is 11.5 Å². The van der Waals surface area contributed by atoms with Crippen LogP contribution in [0.1, 0.15) is 12.5 Å². The number of benzene rings is 1. The van der Waals surface area contributed by atoms with E-state index in [1.807, 2.05) is 36.5 Å². The number of nitrogens with one attached hydrogen (secondary N) is 2. The third-order valence-corrected chi connectivity index (χ3v) is 3.31. The molecule has 0 aliphatic carbocycles. The van der Waals surface area contributed by atoms with Gasteiger partial charge in [0.1, 0.15) is 5.82 Å². The van der Waals surface area contributed by atoms with E-state index in [-0.39, 0.29) is 0 Å². The molecule has 5 heteroatoms. The summed E-state index contributed by atoms with van der Waals surface area (Å²) in [5.41, 5.74) is 2.22. The number of rotatable bonds is 8. The Kier molecular flexibility index (Phi) is 5.89. The molecule has 1 aromatic carbocycles. The standard InChI is InChI=1S/C17H23N3O2/c1-4-18-14-6-8-17(20-12-14)19-10-9-13-5-7-15(21-2)16(11-13)22-3/h5-8,11-12,18H,4,9-10H2,1-3H3,(H,19,20). The van der Waals surface area contributed by atoms with Crippen molar-refractivity contribution in [1.29, 1.82) is 0 Å².